The number of likely N-dealkylation sites (tertiary alicyclic amines) is 1. The first-order valence-electron chi connectivity index (χ1n) is 5.59. The van der Waals surface area contributed by atoms with E-state index in [4.69, 9.17) is 12.2 Å². The molecule has 1 atom stereocenters. The monoisotopic (exact) mass is 252 g/mol. The highest BCUT2D eigenvalue weighted by Crippen LogP contribution is 2.33. The fourth-order valence-electron chi connectivity index (χ4n) is 1.92. The molecule has 2 aliphatic rings. The third kappa shape index (κ3) is 2.99. The summed E-state index contributed by atoms with van der Waals surface area (Å²) < 4.78 is 37.7. The molecule has 0 amide bonds. The Morgan fingerprint density at radius 2 is 1.94 bits per heavy atom. The van der Waals surface area contributed by atoms with Crippen molar-refractivity contribution in [1.82, 2.24) is 10.2 Å². The Balaban J connectivity index is 1.87. The molecular weight excluding hydrogens is 237 g/mol. The molecule has 92 valence electrons. The van der Waals surface area contributed by atoms with E-state index in [-0.39, 0.29) is 13.0 Å². The molecule has 0 bridgehead atoms. The smallest absolute Gasteiger partial charge is 0.360 e. The second-order valence-electron chi connectivity index (χ2n) is 4.55. The van der Waals surface area contributed by atoms with Crippen LogP contribution in [0.3, 0.4) is 0 Å². The average Bonchev–Trinajstić information content (AvgIpc) is 3.00. The van der Waals surface area contributed by atoms with Crippen molar-refractivity contribution in [3.63, 3.8) is 0 Å². The third-order valence-corrected chi connectivity index (χ3v) is 3.45. The minimum atomic E-state index is -4.09. The molecule has 2 nitrogen and oxygen atoms in total. The van der Waals surface area contributed by atoms with E-state index >= 15 is 0 Å². The van der Waals surface area contributed by atoms with Gasteiger partial charge in [-0.3, -0.25) is 0 Å². The van der Waals surface area contributed by atoms with E-state index in [1.807, 2.05) is 0 Å². The zero-order valence-corrected chi connectivity index (χ0v) is 9.70. The van der Waals surface area contributed by atoms with Crippen LogP contribution < -0.4 is 5.32 Å². The van der Waals surface area contributed by atoms with Gasteiger partial charge in [0.15, 0.2) is 5.11 Å². The number of thiocarbonyl (C=S) groups is 1. The van der Waals surface area contributed by atoms with Gasteiger partial charge in [-0.15, -0.1) is 0 Å². The summed E-state index contributed by atoms with van der Waals surface area (Å²) in [5.41, 5.74) is 0. The predicted molar refractivity (Wildman–Crippen MR) is 59.1 cm³/mol. The Labute approximate surface area is 98.2 Å². The van der Waals surface area contributed by atoms with Crippen molar-refractivity contribution in [2.24, 2.45) is 5.92 Å². The van der Waals surface area contributed by atoms with Gasteiger partial charge in [-0.1, -0.05) is 0 Å². The lowest BCUT2D eigenvalue weighted by Crippen LogP contribution is -2.48. The minimum absolute atomic E-state index is 0.0159. The van der Waals surface area contributed by atoms with E-state index in [1.54, 1.807) is 4.90 Å². The molecule has 0 radical (unpaired) electrons. The van der Waals surface area contributed by atoms with Crippen LogP contribution >= 0.6 is 12.2 Å². The van der Waals surface area contributed by atoms with Crippen LogP contribution in [-0.4, -0.2) is 35.3 Å². The topological polar surface area (TPSA) is 15.3 Å². The van der Waals surface area contributed by atoms with E-state index < -0.39 is 12.1 Å². The largest absolute Gasteiger partial charge is 0.393 e. The maximum absolute atomic E-state index is 12.6. The van der Waals surface area contributed by atoms with Crippen LogP contribution in [-0.2, 0) is 0 Å². The van der Waals surface area contributed by atoms with Gasteiger partial charge in [-0.2, -0.15) is 13.2 Å². The van der Waals surface area contributed by atoms with E-state index in [0.717, 1.165) is 12.8 Å². The van der Waals surface area contributed by atoms with Crippen molar-refractivity contribution in [1.29, 1.82) is 0 Å². The molecule has 1 saturated carbocycles. The highest BCUT2D eigenvalue weighted by atomic mass is 32.1. The summed E-state index contributed by atoms with van der Waals surface area (Å²) in [6.07, 6.45) is -1.13. The highest BCUT2D eigenvalue weighted by molar-refractivity contribution is 7.80. The van der Waals surface area contributed by atoms with E-state index in [2.05, 4.69) is 5.32 Å². The summed E-state index contributed by atoms with van der Waals surface area (Å²) in [7, 11) is 0. The van der Waals surface area contributed by atoms with Crippen molar-refractivity contribution in [3.8, 4) is 0 Å². The van der Waals surface area contributed by atoms with Gasteiger partial charge in [0.25, 0.3) is 0 Å². The first-order valence-corrected chi connectivity index (χ1v) is 6.00. The number of rotatable bonds is 1. The fraction of sp³-hybridized carbons (Fsp3) is 0.900. The Kier molecular flexibility index (Phi) is 3.28. The zero-order valence-electron chi connectivity index (χ0n) is 8.89. The Hall–Kier alpha value is -0.520. The predicted octanol–water partition coefficient (Wildman–Crippen LogP) is 2.30. The molecule has 16 heavy (non-hydrogen) atoms. The Morgan fingerprint density at radius 1 is 1.25 bits per heavy atom. The molecule has 2 rings (SSSR count). The zero-order chi connectivity index (χ0) is 11.8. The molecule has 0 spiro atoms. The van der Waals surface area contributed by atoms with Crippen LogP contribution in [0.2, 0.25) is 0 Å². The van der Waals surface area contributed by atoms with Crippen molar-refractivity contribution in [3.05, 3.63) is 0 Å². The minimum Gasteiger partial charge on any atom is -0.360 e. The summed E-state index contributed by atoms with van der Waals surface area (Å²) in [6.45, 7) is 0.660. The highest BCUT2D eigenvalue weighted by Gasteiger charge is 2.42. The van der Waals surface area contributed by atoms with Gasteiger partial charge in [0.2, 0.25) is 0 Å². The number of hydrogen-bond donors (Lipinski definition) is 1. The Morgan fingerprint density at radius 3 is 2.50 bits per heavy atom. The standard InChI is InChI=1S/C10H15F3N2S/c11-10(12,13)7-2-1-5-15(6-7)9(16)14-8-3-4-8/h7-8H,1-6H2,(H,14,16). The number of nitrogens with zero attached hydrogens (tertiary/aromatic N) is 1. The van der Waals surface area contributed by atoms with Crippen molar-refractivity contribution >= 4 is 17.3 Å². The maximum atomic E-state index is 12.6. The molecule has 1 saturated heterocycles. The number of alkyl halides is 3. The van der Waals surface area contributed by atoms with Gasteiger partial charge in [0.1, 0.15) is 0 Å². The van der Waals surface area contributed by atoms with Gasteiger partial charge in [-0.25, -0.2) is 0 Å². The molecule has 2 fully saturated rings. The molecular formula is C10H15F3N2S. The number of halogens is 3. The molecule has 1 N–H and O–H groups in total. The second kappa shape index (κ2) is 4.39. The van der Waals surface area contributed by atoms with Crippen LogP contribution in [0.4, 0.5) is 13.2 Å². The van der Waals surface area contributed by atoms with Crippen LogP contribution in [0, 0.1) is 5.92 Å². The summed E-state index contributed by atoms with van der Waals surface area (Å²) >= 11 is 5.11. The van der Waals surface area contributed by atoms with Gasteiger partial charge >= 0.3 is 6.18 Å². The molecule has 1 aliphatic heterocycles. The first-order chi connectivity index (χ1) is 7.47. The molecule has 1 unspecified atom stereocenters. The lowest BCUT2D eigenvalue weighted by atomic mass is 9.98. The SMILES string of the molecule is FC(F)(F)C1CCCN(C(=S)NC2CC2)C1. The lowest BCUT2D eigenvalue weighted by molar-refractivity contribution is -0.183. The molecule has 1 heterocycles. The lowest BCUT2D eigenvalue weighted by Gasteiger charge is -2.35. The van der Waals surface area contributed by atoms with Gasteiger partial charge < -0.3 is 10.2 Å². The normalized spacial score (nSPS) is 26.7. The number of nitrogens with one attached hydrogen (secondary N) is 1. The molecule has 6 heteroatoms. The summed E-state index contributed by atoms with van der Waals surface area (Å²) in [5.74, 6) is -1.22. The van der Waals surface area contributed by atoms with E-state index in [1.165, 1.54) is 0 Å². The second-order valence-corrected chi connectivity index (χ2v) is 4.94. The van der Waals surface area contributed by atoms with Crippen LogP contribution in [0.1, 0.15) is 25.7 Å². The number of piperidine rings is 1. The van der Waals surface area contributed by atoms with Crippen molar-refractivity contribution in [2.75, 3.05) is 13.1 Å². The van der Waals surface area contributed by atoms with E-state index in [9.17, 15) is 13.2 Å². The number of hydrogen-bond acceptors (Lipinski definition) is 1. The van der Waals surface area contributed by atoms with Gasteiger partial charge in [-0.05, 0) is 37.9 Å². The Bertz CT molecular complexity index is 276. The average molecular weight is 252 g/mol. The molecule has 0 aromatic heterocycles. The molecule has 0 aromatic carbocycles. The summed E-state index contributed by atoms with van der Waals surface area (Å²) in [4.78, 5) is 1.66. The quantitative estimate of drug-likeness (QED) is 0.721. The van der Waals surface area contributed by atoms with Crippen LogP contribution in [0.15, 0.2) is 0 Å². The van der Waals surface area contributed by atoms with Crippen LogP contribution in [0.25, 0.3) is 0 Å². The van der Waals surface area contributed by atoms with Crippen LogP contribution in [0.5, 0.6) is 0 Å². The summed E-state index contributed by atoms with van der Waals surface area (Å²) in [5, 5.41) is 3.58. The van der Waals surface area contributed by atoms with Gasteiger partial charge in [0, 0.05) is 19.1 Å². The summed E-state index contributed by atoms with van der Waals surface area (Å²) in [6, 6.07) is 0.402. The van der Waals surface area contributed by atoms with Gasteiger partial charge in [0.05, 0.1) is 5.92 Å². The third-order valence-electron chi connectivity index (χ3n) is 3.08. The molecule has 0 aromatic rings. The fourth-order valence-corrected chi connectivity index (χ4v) is 2.25. The van der Waals surface area contributed by atoms with Crippen molar-refractivity contribution < 1.29 is 13.2 Å². The van der Waals surface area contributed by atoms with Crippen molar-refractivity contribution in [2.45, 2.75) is 37.9 Å². The molecule has 1 aliphatic carbocycles. The first kappa shape index (κ1) is 12.0. The maximum Gasteiger partial charge on any atom is 0.393 e. The van der Waals surface area contributed by atoms with E-state index in [0.29, 0.717) is 24.1 Å².